The number of aromatic nitrogens is 2. The van der Waals surface area contributed by atoms with Crippen LogP contribution in [0.25, 0.3) is 0 Å². The molecule has 1 amide bonds. The fraction of sp³-hybridized carbons (Fsp3) is 0.478. The van der Waals surface area contributed by atoms with Crippen LogP contribution in [0.1, 0.15) is 59.9 Å². The third-order valence-electron chi connectivity index (χ3n) is 5.11. The molecule has 1 aliphatic rings. The second-order valence-corrected chi connectivity index (χ2v) is 8.61. The van der Waals surface area contributed by atoms with Crippen molar-refractivity contribution in [2.75, 3.05) is 13.1 Å². The Labute approximate surface area is 182 Å². The van der Waals surface area contributed by atoms with Crippen molar-refractivity contribution in [2.24, 2.45) is 0 Å². The maximum atomic E-state index is 12.8. The minimum absolute atomic E-state index is 0.110. The van der Waals surface area contributed by atoms with Crippen molar-refractivity contribution in [3.05, 3.63) is 52.8 Å². The van der Waals surface area contributed by atoms with Crippen LogP contribution in [0.15, 0.2) is 35.5 Å². The molecule has 30 heavy (non-hydrogen) atoms. The highest BCUT2D eigenvalue weighted by Gasteiger charge is 2.25. The van der Waals surface area contributed by atoms with Gasteiger partial charge in [0, 0.05) is 30.2 Å². The van der Waals surface area contributed by atoms with E-state index in [0.717, 1.165) is 55.7 Å². The first-order valence-corrected chi connectivity index (χ1v) is 11.5. The van der Waals surface area contributed by atoms with E-state index in [9.17, 15) is 9.59 Å². The predicted molar refractivity (Wildman–Crippen MR) is 117 cm³/mol. The van der Waals surface area contributed by atoms with E-state index in [1.54, 1.807) is 19.1 Å². The Bertz CT molecular complexity index is 875. The van der Waals surface area contributed by atoms with Crippen LogP contribution < -0.4 is 0 Å². The Hall–Kier alpha value is -2.41. The first-order valence-electron chi connectivity index (χ1n) is 10.5. The molecule has 2 aromatic rings. The van der Waals surface area contributed by atoms with Crippen molar-refractivity contribution in [3.63, 3.8) is 0 Å². The lowest BCUT2D eigenvalue weighted by Crippen LogP contribution is -2.40. The first kappa shape index (κ1) is 22.3. The maximum absolute atomic E-state index is 12.8. The lowest BCUT2D eigenvalue weighted by Gasteiger charge is -2.24. The molecule has 0 bridgehead atoms. The molecule has 3 rings (SSSR count). The van der Waals surface area contributed by atoms with Gasteiger partial charge in [0.2, 0.25) is 0 Å². The number of carbonyl (C=O) groups excluding carboxylic acids is 2. The SMILES string of the molecule is Cc1cc(C)nc(SCc2ccccc2C(=O)O[C@@H](C)C(=O)N2CCCCCC2)n1. The second kappa shape index (κ2) is 10.6. The zero-order chi connectivity index (χ0) is 21.5. The molecule has 1 atom stereocenters. The highest BCUT2D eigenvalue weighted by molar-refractivity contribution is 7.98. The number of likely N-dealkylation sites (tertiary alicyclic amines) is 1. The molecule has 1 aliphatic heterocycles. The molecule has 0 N–H and O–H groups in total. The van der Waals surface area contributed by atoms with Crippen molar-refractivity contribution >= 4 is 23.6 Å². The minimum atomic E-state index is -0.793. The Balaban J connectivity index is 1.65. The van der Waals surface area contributed by atoms with E-state index >= 15 is 0 Å². The number of hydrogen-bond donors (Lipinski definition) is 0. The second-order valence-electron chi connectivity index (χ2n) is 7.67. The number of aryl methyl sites for hydroxylation is 2. The highest BCUT2D eigenvalue weighted by atomic mass is 32.2. The van der Waals surface area contributed by atoms with E-state index in [4.69, 9.17) is 4.74 Å². The maximum Gasteiger partial charge on any atom is 0.339 e. The van der Waals surface area contributed by atoms with Gasteiger partial charge in [-0.05, 0) is 51.3 Å². The fourth-order valence-corrected chi connectivity index (χ4v) is 4.52. The van der Waals surface area contributed by atoms with E-state index in [2.05, 4.69) is 9.97 Å². The number of benzene rings is 1. The summed E-state index contributed by atoms with van der Waals surface area (Å²) in [6.07, 6.45) is 3.51. The quantitative estimate of drug-likeness (QED) is 0.388. The molecule has 1 saturated heterocycles. The van der Waals surface area contributed by atoms with Gasteiger partial charge in [-0.1, -0.05) is 42.8 Å². The Kier molecular flexibility index (Phi) is 7.85. The van der Waals surface area contributed by atoms with Crippen molar-refractivity contribution in [1.82, 2.24) is 14.9 Å². The van der Waals surface area contributed by atoms with E-state index in [1.807, 2.05) is 36.9 Å². The van der Waals surface area contributed by atoms with Crippen LogP contribution in [0.2, 0.25) is 0 Å². The molecule has 0 spiro atoms. The summed E-state index contributed by atoms with van der Waals surface area (Å²) in [5.74, 6) is -0.0354. The van der Waals surface area contributed by atoms with Gasteiger partial charge in [0.15, 0.2) is 11.3 Å². The van der Waals surface area contributed by atoms with Crippen molar-refractivity contribution < 1.29 is 14.3 Å². The molecule has 2 heterocycles. The summed E-state index contributed by atoms with van der Waals surface area (Å²) >= 11 is 1.48. The van der Waals surface area contributed by atoms with Gasteiger partial charge in [-0.2, -0.15) is 0 Å². The van der Waals surface area contributed by atoms with Gasteiger partial charge < -0.3 is 9.64 Å². The number of thioether (sulfide) groups is 1. The summed E-state index contributed by atoms with van der Waals surface area (Å²) in [4.78, 5) is 36.2. The molecule has 0 radical (unpaired) electrons. The molecule has 1 fully saturated rings. The average molecular weight is 428 g/mol. The number of amides is 1. The van der Waals surface area contributed by atoms with Gasteiger partial charge in [-0.3, -0.25) is 4.79 Å². The number of rotatable bonds is 6. The van der Waals surface area contributed by atoms with Crippen LogP contribution >= 0.6 is 11.8 Å². The minimum Gasteiger partial charge on any atom is -0.449 e. The smallest absolute Gasteiger partial charge is 0.339 e. The van der Waals surface area contributed by atoms with Crippen molar-refractivity contribution in [3.8, 4) is 0 Å². The van der Waals surface area contributed by atoms with Crippen LogP contribution in [0, 0.1) is 13.8 Å². The number of nitrogens with zero attached hydrogens (tertiary/aromatic N) is 3. The third-order valence-corrected chi connectivity index (χ3v) is 6.00. The Morgan fingerprint density at radius 1 is 1.07 bits per heavy atom. The normalized spacial score (nSPS) is 15.4. The first-order chi connectivity index (χ1) is 14.4. The van der Waals surface area contributed by atoms with Crippen molar-refractivity contribution in [1.29, 1.82) is 0 Å². The number of ether oxygens (including phenoxy) is 1. The summed E-state index contributed by atoms with van der Waals surface area (Å²) < 4.78 is 5.55. The fourth-order valence-electron chi connectivity index (χ4n) is 3.57. The molecule has 7 heteroatoms. The van der Waals surface area contributed by atoms with Gasteiger partial charge in [0.25, 0.3) is 5.91 Å². The zero-order valence-corrected chi connectivity index (χ0v) is 18.7. The summed E-state index contributed by atoms with van der Waals surface area (Å²) in [5.41, 5.74) is 3.15. The molecule has 160 valence electrons. The van der Waals surface area contributed by atoms with Crippen LogP contribution in [-0.2, 0) is 15.3 Å². The van der Waals surface area contributed by atoms with E-state index < -0.39 is 12.1 Å². The molecule has 0 unspecified atom stereocenters. The third kappa shape index (κ3) is 6.05. The van der Waals surface area contributed by atoms with E-state index in [1.165, 1.54) is 11.8 Å². The molecule has 0 aliphatic carbocycles. The molecular weight excluding hydrogens is 398 g/mol. The van der Waals surface area contributed by atoms with Gasteiger partial charge in [0.05, 0.1) is 5.56 Å². The van der Waals surface area contributed by atoms with Crippen LogP contribution in [0.3, 0.4) is 0 Å². The lowest BCUT2D eigenvalue weighted by atomic mass is 10.1. The average Bonchev–Trinajstić information content (AvgIpc) is 3.00. The summed E-state index contributed by atoms with van der Waals surface area (Å²) in [5, 5.41) is 0.681. The zero-order valence-electron chi connectivity index (χ0n) is 17.9. The van der Waals surface area contributed by atoms with Gasteiger partial charge in [0.1, 0.15) is 0 Å². The predicted octanol–water partition coefficient (Wildman–Crippen LogP) is 4.33. The van der Waals surface area contributed by atoms with Crippen molar-refractivity contribution in [2.45, 2.75) is 63.5 Å². The monoisotopic (exact) mass is 427 g/mol. The van der Waals surface area contributed by atoms with Crippen LogP contribution in [0.5, 0.6) is 0 Å². The number of hydrogen-bond acceptors (Lipinski definition) is 6. The van der Waals surface area contributed by atoms with Gasteiger partial charge in [-0.25, -0.2) is 14.8 Å². The largest absolute Gasteiger partial charge is 0.449 e. The molecular formula is C23H29N3O3S. The van der Waals surface area contributed by atoms with Gasteiger partial charge in [-0.15, -0.1) is 0 Å². The topological polar surface area (TPSA) is 72.4 Å². The van der Waals surface area contributed by atoms with Crippen LogP contribution in [-0.4, -0.2) is 45.9 Å². The molecule has 6 nitrogen and oxygen atoms in total. The standard InChI is InChI=1S/C23H29N3O3S/c1-16-14-17(2)25-23(24-16)30-15-19-10-6-7-11-20(19)22(28)29-18(3)21(27)26-12-8-4-5-9-13-26/h6-7,10-11,14,18H,4-5,8-9,12-13,15H2,1-3H3/t18-/m0/s1. The summed E-state index contributed by atoms with van der Waals surface area (Å²) in [6, 6.07) is 9.26. The molecule has 0 saturated carbocycles. The molecule has 1 aromatic carbocycles. The highest BCUT2D eigenvalue weighted by Crippen LogP contribution is 2.23. The Morgan fingerprint density at radius 3 is 2.37 bits per heavy atom. The lowest BCUT2D eigenvalue weighted by molar-refractivity contribution is -0.139. The number of carbonyl (C=O) groups is 2. The Morgan fingerprint density at radius 2 is 1.70 bits per heavy atom. The van der Waals surface area contributed by atoms with E-state index in [-0.39, 0.29) is 5.91 Å². The van der Waals surface area contributed by atoms with E-state index in [0.29, 0.717) is 16.5 Å². The number of esters is 1. The molecule has 1 aromatic heterocycles. The summed E-state index contributed by atoms with van der Waals surface area (Å²) in [6.45, 7) is 7.01. The van der Waals surface area contributed by atoms with Crippen LogP contribution in [0.4, 0.5) is 0 Å². The van der Waals surface area contributed by atoms with Gasteiger partial charge >= 0.3 is 5.97 Å². The summed E-state index contributed by atoms with van der Waals surface area (Å²) in [7, 11) is 0.